The average molecular weight is 525 g/mol. The topological polar surface area (TPSA) is 89.7 Å². The molecule has 0 amide bonds. The van der Waals surface area contributed by atoms with Gasteiger partial charge in [0.05, 0.1) is 30.0 Å². The molecule has 2 aliphatic carbocycles. The fourth-order valence-corrected chi connectivity index (χ4v) is 6.22. The van der Waals surface area contributed by atoms with Crippen molar-refractivity contribution >= 4 is 17.3 Å². The molecule has 39 heavy (non-hydrogen) atoms. The molecule has 1 aliphatic heterocycles. The highest BCUT2D eigenvalue weighted by Crippen LogP contribution is 2.38. The Morgan fingerprint density at radius 2 is 1.44 bits per heavy atom. The number of allylic oxidation sites excluding steroid dienone is 2. The summed E-state index contributed by atoms with van der Waals surface area (Å²) >= 11 is 0. The Morgan fingerprint density at radius 1 is 0.821 bits per heavy atom. The Morgan fingerprint density at radius 3 is 2.10 bits per heavy atom. The fourth-order valence-electron chi connectivity index (χ4n) is 6.22. The molecule has 7 heteroatoms. The van der Waals surface area contributed by atoms with E-state index in [1.54, 1.807) is 0 Å². The smallest absolute Gasteiger partial charge is 0.168 e. The Bertz CT molecular complexity index is 1400. The van der Waals surface area contributed by atoms with Crippen LogP contribution in [-0.4, -0.2) is 53.7 Å². The normalized spacial score (nSPS) is 21.7. The number of morpholine rings is 1. The monoisotopic (exact) mass is 524 g/mol. The molecule has 2 atom stereocenters. The van der Waals surface area contributed by atoms with E-state index in [4.69, 9.17) is 9.26 Å². The molecule has 1 saturated heterocycles. The SMILES string of the molecule is O=C(CCc1noc2c1C(=O)CC(c1ccccc1)C2)C1=C(N2CCOCC2)CC(c2ccccc2)CC1=O. The van der Waals surface area contributed by atoms with Gasteiger partial charge in [-0.3, -0.25) is 14.4 Å². The number of carbonyl (C=O) groups is 3. The number of aromatic nitrogens is 1. The van der Waals surface area contributed by atoms with Crippen molar-refractivity contribution < 1.29 is 23.6 Å². The molecule has 1 aromatic heterocycles. The Hall–Kier alpha value is -3.84. The molecular weight excluding hydrogens is 492 g/mol. The molecule has 2 heterocycles. The first kappa shape index (κ1) is 25.4. The van der Waals surface area contributed by atoms with Crippen LogP contribution in [-0.2, 0) is 27.2 Å². The van der Waals surface area contributed by atoms with Crippen molar-refractivity contribution in [2.45, 2.75) is 50.4 Å². The van der Waals surface area contributed by atoms with Crippen molar-refractivity contribution in [3.8, 4) is 0 Å². The van der Waals surface area contributed by atoms with Gasteiger partial charge >= 0.3 is 0 Å². The van der Waals surface area contributed by atoms with E-state index in [9.17, 15) is 14.4 Å². The van der Waals surface area contributed by atoms with Gasteiger partial charge in [0, 0.05) is 50.9 Å². The van der Waals surface area contributed by atoms with Gasteiger partial charge in [0.2, 0.25) is 0 Å². The molecule has 0 bridgehead atoms. The number of rotatable bonds is 7. The summed E-state index contributed by atoms with van der Waals surface area (Å²) in [5, 5.41) is 4.20. The summed E-state index contributed by atoms with van der Waals surface area (Å²) in [6, 6.07) is 20.0. The van der Waals surface area contributed by atoms with Gasteiger partial charge in [-0.25, -0.2) is 0 Å². The number of fused-ring (bicyclic) bond motifs is 1. The van der Waals surface area contributed by atoms with Gasteiger partial charge < -0.3 is 14.2 Å². The molecule has 2 unspecified atom stereocenters. The number of nitrogens with zero attached hydrogens (tertiary/aromatic N) is 2. The summed E-state index contributed by atoms with van der Waals surface area (Å²) in [7, 11) is 0. The number of carbonyl (C=O) groups excluding carboxylic acids is 3. The summed E-state index contributed by atoms with van der Waals surface area (Å²) < 4.78 is 11.1. The minimum absolute atomic E-state index is 0.00136. The van der Waals surface area contributed by atoms with E-state index in [-0.39, 0.29) is 42.0 Å². The van der Waals surface area contributed by atoms with Crippen LogP contribution in [0.2, 0.25) is 0 Å². The second-order valence-electron chi connectivity index (χ2n) is 10.6. The second kappa shape index (κ2) is 11.1. The fraction of sp³-hybridized carbons (Fsp3) is 0.375. The maximum absolute atomic E-state index is 13.6. The molecular formula is C32H32N2O5. The van der Waals surface area contributed by atoms with Gasteiger partial charge in [-0.05, 0) is 29.4 Å². The maximum Gasteiger partial charge on any atom is 0.168 e. The van der Waals surface area contributed by atoms with Crippen LogP contribution in [0.4, 0.5) is 0 Å². The van der Waals surface area contributed by atoms with Crippen LogP contribution in [0.5, 0.6) is 0 Å². The zero-order chi connectivity index (χ0) is 26.8. The van der Waals surface area contributed by atoms with E-state index in [2.05, 4.69) is 22.2 Å². The van der Waals surface area contributed by atoms with Crippen LogP contribution in [0.1, 0.15) is 70.5 Å². The first-order chi connectivity index (χ1) is 19.1. The summed E-state index contributed by atoms with van der Waals surface area (Å²) in [4.78, 5) is 42.3. The lowest BCUT2D eigenvalue weighted by atomic mass is 9.79. The van der Waals surface area contributed by atoms with E-state index in [1.807, 2.05) is 48.5 Å². The van der Waals surface area contributed by atoms with Crippen LogP contribution in [0.25, 0.3) is 0 Å². The van der Waals surface area contributed by atoms with Gasteiger partial charge in [-0.1, -0.05) is 65.8 Å². The van der Waals surface area contributed by atoms with Gasteiger partial charge in [0.15, 0.2) is 17.3 Å². The Kier molecular flexibility index (Phi) is 7.24. The lowest BCUT2D eigenvalue weighted by Crippen LogP contribution is -2.40. The minimum Gasteiger partial charge on any atom is -0.378 e. The summed E-state index contributed by atoms with van der Waals surface area (Å²) in [5.74, 6) is 0.413. The van der Waals surface area contributed by atoms with Crippen molar-refractivity contribution in [2.75, 3.05) is 26.3 Å². The van der Waals surface area contributed by atoms with Crippen molar-refractivity contribution in [1.29, 1.82) is 0 Å². The molecule has 2 aromatic carbocycles. The molecule has 3 aromatic rings. The van der Waals surface area contributed by atoms with E-state index in [0.29, 0.717) is 74.6 Å². The summed E-state index contributed by atoms with van der Waals surface area (Å²) in [6.45, 7) is 2.47. The van der Waals surface area contributed by atoms with Gasteiger partial charge in [0.1, 0.15) is 5.76 Å². The lowest BCUT2D eigenvalue weighted by Gasteiger charge is -2.36. The van der Waals surface area contributed by atoms with Crippen LogP contribution in [0.15, 0.2) is 76.5 Å². The van der Waals surface area contributed by atoms with Crippen molar-refractivity contribution in [1.82, 2.24) is 10.1 Å². The minimum atomic E-state index is -0.185. The molecule has 200 valence electrons. The summed E-state index contributed by atoms with van der Waals surface area (Å²) in [6.07, 6.45) is 2.35. The molecule has 0 N–H and O–H groups in total. The van der Waals surface area contributed by atoms with E-state index in [1.165, 1.54) is 0 Å². The predicted molar refractivity (Wildman–Crippen MR) is 145 cm³/mol. The average Bonchev–Trinajstić information content (AvgIpc) is 3.40. The largest absolute Gasteiger partial charge is 0.378 e. The highest BCUT2D eigenvalue weighted by Gasteiger charge is 2.36. The zero-order valence-corrected chi connectivity index (χ0v) is 21.9. The molecule has 6 rings (SSSR count). The lowest BCUT2D eigenvalue weighted by molar-refractivity contribution is -0.122. The van der Waals surface area contributed by atoms with Crippen LogP contribution >= 0.6 is 0 Å². The van der Waals surface area contributed by atoms with E-state index in [0.717, 1.165) is 16.8 Å². The van der Waals surface area contributed by atoms with Crippen molar-refractivity contribution in [3.05, 3.63) is 100 Å². The number of ether oxygens (including phenoxy) is 1. The molecule has 0 spiro atoms. The number of hydrogen-bond donors (Lipinski definition) is 0. The zero-order valence-electron chi connectivity index (χ0n) is 21.9. The first-order valence-electron chi connectivity index (χ1n) is 13.8. The molecule has 1 fully saturated rings. The summed E-state index contributed by atoms with van der Waals surface area (Å²) in [5.41, 5.74) is 4.42. The number of hydrogen-bond acceptors (Lipinski definition) is 7. The number of aryl methyl sites for hydroxylation is 1. The van der Waals surface area contributed by atoms with E-state index < -0.39 is 0 Å². The van der Waals surface area contributed by atoms with Crippen molar-refractivity contribution in [3.63, 3.8) is 0 Å². The van der Waals surface area contributed by atoms with Gasteiger partial charge in [-0.2, -0.15) is 0 Å². The quantitative estimate of drug-likeness (QED) is 0.409. The third-order valence-corrected chi connectivity index (χ3v) is 8.22. The van der Waals surface area contributed by atoms with E-state index >= 15 is 0 Å². The standard InChI is InChI=1S/C32H32N2O5/c35-27(12-11-25-31-28(36)19-24(20-30(31)39-33-25)22-9-5-2-6-10-22)32-26(34-13-15-38-16-14-34)17-23(18-29(32)37)21-7-3-1-4-8-21/h1-10,23-24H,11-20H2. The molecule has 0 radical (unpaired) electrons. The predicted octanol–water partition coefficient (Wildman–Crippen LogP) is 4.82. The molecule has 7 nitrogen and oxygen atoms in total. The third-order valence-electron chi connectivity index (χ3n) is 8.22. The third kappa shape index (κ3) is 5.23. The number of benzene rings is 2. The van der Waals surface area contributed by atoms with Gasteiger partial charge in [0.25, 0.3) is 0 Å². The highest BCUT2D eigenvalue weighted by molar-refractivity contribution is 6.21. The van der Waals surface area contributed by atoms with Crippen LogP contribution in [0.3, 0.4) is 0 Å². The Labute approximate surface area is 227 Å². The molecule has 0 saturated carbocycles. The molecule has 3 aliphatic rings. The van der Waals surface area contributed by atoms with Crippen molar-refractivity contribution in [2.24, 2.45) is 0 Å². The maximum atomic E-state index is 13.6. The van der Waals surface area contributed by atoms with Crippen LogP contribution in [0, 0.1) is 0 Å². The second-order valence-corrected chi connectivity index (χ2v) is 10.6. The number of Topliss-reactive ketones (excluding diaryl/α,β-unsaturated/α-hetero) is 3. The van der Waals surface area contributed by atoms with Gasteiger partial charge in [-0.15, -0.1) is 0 Å². The van der Waals surface area contributed by atoms with Crippen LogP contribution < -0.4 is 0 Å². The first-order valence-corrected chi connectivity index (χ1v) is 13.8. The highest BCUT2D eigenvalue weighted by atomic mass is 16.5. The number of ketones is 3. The Balaban J connectivity index is 1.21.